The van der Waals surface area contributed by atoms with Crippen molar-refractivity contribution in [2.45, 2.75) is 0 Å². The fourth-order valence-corrected chi connectivity index (χ4v) is 2.56. The molecule has 114 valence electrons. The number of rotatable bonds is 3. The summed E-state index contributed by atoms with van der Waals surface area (Å²) in [5, 5.41) is 5.04. The summed E-state index contributed by atoms with van der Waals surface area (Å²) in [5.74, 6) is 1.08. The van der Waals surface area contributed by atoms with Crippen LogP contribution < -0.4 is 10.2 Å². The molecule has 0 spiro atoms. The Hall–Kier alpha value is -3.28. The van der Waals surface area contributed by atoms with Gasteiger partial charge in [-0.1, -0.05) is 0 Å². The first kappa shape index (κ1) is 13.4. The van der Waals surface area contributed by atoms with Crippen LogP contribution in [-0.2, 0) is 4.79 Å². The summed E-state index contributed by atoms with van der Waals surface area (Å²) in [6.07, 6.45) is 3.31. The van der Waals surface area contributed by atoms with Crippen molar-refractivity contribution < 1.29 is 13.9 Å². The second-order valence-corrected chi connectivity index (χ2v) is 5.11. The molecule has 2 aromatic heterocycles. The van der Waals surface area contributed by atoms with Crippen LogP contribution >= 0.6 is 0 Å². The molecule has 0 saturated heterocycles. The highest BCUT2D eigenvalue weighted by atomic mass is 16.5. The van der Waals surface area contributed by atoms with Crippen LogP contribution in [-0.4, -0.2) is 23.7 Å². The molecule has 0 atom stereocenters. The Bertz CT molecular complexity index is 949. The molecule has 0 saturated carbocycles. The fraction of sp³-hybridized carbons (Fsp3) is 0.0588. The summed E-state index contributed by atoms with van der Waals surface area (Å²) < 4.78 is 10.6. The van der Waals surface area contributed by atoms with Crippen molar-refractivity contribution in [1.82, 2.24) is 10.4 Å². The van der Waals surface area contributed by atoms with Crippen molar-refractivity contribution in [1.29, 1.82) is 0 Å². The third-order valence-corrected chi connectivity index (χ3v) is 3.67. The van der Waals surface area contributed by atoms with Crippen molar-refractivity contribution in [3.63, 3.8) is 0 Å². The summed E-state index contributed by atoms with van der Waals surface area (Å²) in [7, 11) is 1.63. The van der Waals surface area contributed by atoms with Crippen LogP contribution in [0.2, 0.25) is 0 Å². The van der Waals surface area contributed by atoms with E-state index >= 15 is 0 Å². The van der Waals surface area contributed by atoms with Gasteiger partial charge in [-0.2, -0.15) is 5.10 Å². The maximum Gasteiger partial charge on any atom is 0.273 e. The number of fused-ring (bicyclic) bond motifs is 1. The Morgan fingerprint density at radius 3 is 2.96 bits per heavy atom. The van der Waals surface area contributed by atoms with Crippen LogP contribution in [0, 0.1) is 0 Å². The summed E-state index contributed by atoms with van der Waals surface area (Å²) >= 11 is 0. The summed E-state index contributed by atoms with van der Waals surface area (Å²) in [6, 6.07) is 11.2. The van der Waals surface area contributed by atoms with E-state index in [1.54, 1.807) is 31.6 Å². The minimum absolute atomic E-state index is 0.257. The first-order valence-corrected chi connectivity index (χ1v) is 7.05. The van der Waals surface area contributed by atoms with Gasteiger partial charge in [0.05, 0.1) is 18.9 Å². The zero-order valence-corrected chi connectivity index (χ0v) is 12.3. The highest BCUT2D eigenvalue weighted by Gasteiger charge is 2.25. The van der Waals surface area contributed by atoms with Gasteiger partial charge in [0.25, 0.3) is 5.91 Å². The number of furan rings is 1. The molecule has 1 aliphatic rings. The van der Waals surface area contributed by atoms with Gasteiger partial charge < -0.3 is 14.1 Å². The van der Waals surface area contributed by atoms with E-state index in [1.807, 2.05) is 24.3 Å². The molecular weight excluding hydrogens is 294 g/mol. The van der Waals surface area contributed by atoms with Gasteiger partial charge in [-0.05, 0) is 42.5 Å². The molecule has 1 aromatic carbocycles. The molecular formula is C17H13N3O3. The molecule has 1 aliphatic heterocycles. The Kier molecular flexibility index (Phi) is 3.01. The standard InChI is InChI=1S/C17H13N3O3/c1-22-12-4-5-14-10(8-12)7-11(18-14)9-13-16(19-20-17(13)21)15-3-2-6-23-15/h2-9,18H,1H3,(H,20,21)/b13-9-. The largest absolute Gasteiger partial charge is 0.497 e. The van der Waals surface area contributed by atoms with E-state index in [-0.39, 0.29) is 5.91 Å². The van der Waals surface area contributed by atoms with Crippen LogP contribution in [0.15, 0.2) is 57.8 Å². The highest BCUT2D eigenvalue weighted by Crippen LogP contribution is 2.24. The summed E-state index contributed by atoms with van der Waals surface area (Å²) in [5.41, 5.74) is 5.19. The van der Waals surface area contributed by atoms with Crippen molar-refractivity contribution >= 4 is 28.6 Å². The van der Waals surface area contributed by atoms with E-state index in [0.29, 0.717) is 17.0 Å². The molecule has 3 heterocycles. The molecule has 0 radical (unpaired) electrons. The van der Waals surface area contributed by atoms with Crippen molar-refractivity contribution in [2.24, 2.45) is 5.10 Å². The van der Waals surface area contributed by atoms with Gasteiger partial charge in [0.1, 0.15) is 11.5 Å². The zero-order valence-electron chi connectivity index (χ0n) is 12.3. The molecule has 0 unspecified atom stereocenters. The smallest absolute Gasteiger partial charge is 0.273 e. The van der Waals surface area contributed by atoms with E-state index in [9.17, 15) is 4.79 Å². The van der Waals surface area contributed by atoms with Crippen molar-refractivity contribution in [3.05, 3.63) is 59.7 Å². The van der Waals surface area contributed by atoms with Gasteiger partial charge in [0.2, 0.25) is 0 Å². The molecule has 0 fully saturated rings. The lowest BCUT2D eigenvalue weighted by molar-refractivity contribution is -0.116. The maximum atomic E-state index is 12.0. The molecule has 0 bridgehead atoms. The monoisotopic (exact) mass is 307 g/mol. The van der Waals surface area contributed by atoms with Crippen LogP contribution in [0.4, 0.5) is 0 Å². The number of carbonyl (C=O) groups is 1. The average molecular weight is 307 g/mol. The topological polar surface area (TPSA) is 79.6 Å². The zero-order chi connectivity index (χ0) is 15.8. The normalized spacial score (nSPS) is 16.0. The molecule has 1 amide bonds. The van der Waals surface area contributed by atoms with Gasteiger partial charge in [-0.25, -0.2) is 5.43 Å². The summed E-state index contributed by atoms with van der Waals surface area (Å²) in [4.78, 5) is 15.3. The Morgan fingerprint density at radius 2 is 2.17 bits per heavy atom. The van der Waals surface area contributed by atoms with E-state index in [1.165, 1.54) is 0 Å². The number of hydrogen-bond acceptors (Lipinski definition) is 4. The SMILES string of the molecule is COc1ccc2[nH]c(/C=C3\C(=O)NN=C3c3ccco3)cc2c1. The van der Waals surface area contributed by atoms with Gasteiger partial charge in [-0.3, -0.25) is 4.79 Å². The van der Waals surface area contributed by atoms with Crippen LogP contribution in [0.1, 0.15) is 11.5 Å². The molecule has 2 N–H and O–H groups in total. The first-order valence-electron chi connectivity index (χ1n) is 7.05. The van der Waals surface area contributed by atoms with Crippen LogP contribution in [0.5, 0.6) is 5.75 Å². The Labute approximate surface area is 131 Å². The van der Waals surface area contributed by atoms with Crippen molar-refractivity contribution in [3.8, 4) is 5.75 Å². The summed E-state index contributed by atoms with van der Waals surface area (Å²) in [6.45, 7) is 0. The lowest BCUT2D eigenvalue weighted by Crippen LogP contribution is -2.13. The number of carbonyl (C=O) groups excluding carboxylic acids is 1. The number of methoxy groups -OCH3 is 1. The third kappa shape index (κ3) is 2.30. The van der Waals surface area contributed by atoms with E-state index in [0.717, 1.165) is 22.3 Å². The number of nitrogens with zero attached hydrogens (tertiary/aromatic N) is 1. The average Bonchev–Trinajstić information content (AvgIpc) is 3.27. The number of nitrogens with one attached hydrogen (secondary N) is 2. The Morgan fingerprint density at radius 1 is 1.26 bits per heavy atom. The number of amides is 1. The van der Waals surface area contributed by atoms with Gasteiger partial charge in [0, 0.05) is 16.6 Å². The molecule has 4 rings (SSSR count). The molecule has 23 heavy (non-hydrogen) atoms. The maximum absolute atomic E-state index is 12.0. The van der Waals surface area contributed by atoms with Crippen LogP contribution in [0.25, 0.3) is 17.0 Å². The highest BCUT2D eigenvalue weighted by molar-refractivity contribution is 6.32. The van der Waals surface area contributed by atoms with Gasteiger partial charge in [0.15, 0.2) is 5.76 Å². The molecule has 6 nitrogen and oxygen atoms in total. The van der Waals surface area contributed by atoms with E-state index < -0.39 is 0 Å². The number of hydrogen-bond donors (Lipinski definition) is 2. The Balaban J connectivity index is 1.76. The quantitative estimate of drug-likeness (QED) is 0.730. The number of aromatic amines is 1. The first-order chi connectivity index (χ1) is 11.2. The minimum Gasteiger partial charge on any atom is -0.497 e. The molecule has 3 aromatic rings. The predicted octanol–water partition coefficient (Wildman–Crippen LogP) is 2.69. The van der Waals surface area contributed by atoms with Crippen molar-refractivity contribution in [2.75, 3.05) is 7.11 Å². The lowest BCUT2D eigenvalue weighted by Gasteiger charge is -1.97. The second kappa shape index (κ2) is 5.17. The number of H-pyrrole nitrogens is 1. The van der Waals surface area contributed by atoms with E-state index in [2.05, 4.69) is 15.5 Å². The van der Waals surface area contributed by atoms with Gasteiger partial charge in [-0.15, -0.1) is 0 Å². The van der Waals surface area contributed by atoms with Crippen LogP contribution in [0.3, 0.4) is 0 Å². The number of ether oxygens (including phenoxy) is 1. The third-order valence-electron chi connectivity index (χ3n) is 3.67. The fourth-order valence-electron chi connectivity index (χ4n) is 2.56. The van der Waals surface area contributed by atoms with E-state index in [4.69, 9.17) is 9.15 Å². The number of benzene rings is 1. The lowest BCUT2D eigenvalue weighted by atomic mass is 10.1. The number of aromatic nitrogens is 1. The minimum atomic E-state index is -0.257. The molecule has 0 aliphatic carbocycles. The predicted molar refractivity (Wildman–Crippen MR) is 86.2 cm³/mol. The second-order valence-electron chi connectivity index (χ2n) is 5.11. The number of hydrazone groups is 1. The molecule has 6 heteroatoms. The van der Waals surface area contributed by atoms with Gasteiger partial charge >= 0.3 is 0 Å².